The van der Waals surface area contributed by atoms with E-state index < -0.39 is 11.9 Å². The van der Waals surface area contributed by atoms with Crippen molar-refractivity contribution < 1.29 is 13.2 Å². The van der Waals surface area contributed by atoms with Crippen molar-refractivity contribution in [3.05, 3.63) is 59.0 Å². The van der Waals surface area contributed by atoms with Crippen LogP contribution in [0.5, 0.6) is 0 Å². The zero-order valence-electron chi connectivity index (χ0n) is 16.0. The normalized spacial score (nSPS) is 11.9. The lowest BCUT2D eigenvalue weighted by Crippen LogP contribution is -2.13. The van der Waals surface area contributed by atoms with E-state index in [1.165, 1.54) is 4.52 Å². The third-order valence-corrected chi connectivity index (χ3v) is 4.76. The fraction of sp³-hybridized carbons (Fsp3) is 0.250. The Hall–Kier alpha value is -3.07. The van der Waals surface area contributed by atoms with Crippen LogP contribution in [0.25, 0.3) is 16.6 Å². The standard InChI is InChI=1S/C20H18ClF3N6/c1-12-9-18(30-19(28-12)11-17(29-30)20(22,23)24)27-7-2-6-25-15-5-8-26-16-10-13(21)3-4-14(15)16/h3-5,8-11,27H,2,6-7H2,1H3,(H,25,26). The Morgan fingerprint density at radius 1 is 1.07 bits per heavy atom. The highest BCUT2D eigenvalue weighted by molar-refractivity contribution is 6.31. The van der Waals surface area contributed by atoms with E-state index in [-0.39, 0.29) is 5.65 Å². The number of nitrogens with zero attached hydrogens (tertiary/aromatic N) is 4. The van der Waals surface area contributed by atoms with E-state index >= 15 is 0 Å². The lowest BCUT2D eigenvalue weighted by molar-refractivity contribution is -0.141. The molecule has 3 heterocycles. The highest BCUT2D eigenvalue weighted by Crippen LogP contribution is 2.29. The summed E-state index contributed by atoms with van der Waals surface area (Å²) in [7, 11) is 0. The van der Waals surface area contributed by atoms with Crippen molar-refractivity contribution in [1.29, 1.82) is 0 Å². The van der Waals surface area contributed by atoms with Crippen molar-refractivity contribution in [2.24, 2.45) is 0 Å². The lowest BCUT2D eigenvalue weighted by atomic mass is 10.2. The summed E-state index contributed by atoms with van der Waals surface area (Å²) in [6, 6.07) is 10.0. The molecule has 4 rings (SSSR count). The first-order chi connectivity index (χ1) is 14.3. The molecule has 2 N–H and O–H groups in total. The molecule has 0 radical (unpaired) electrons. The van der Waals surface area contributed by atoms with Crippen LogP contribution < -0.4 is 10.6 Å². The molecule has 0 aliphatic heterocycles. The SMILES string of the molecule is Cc1cc(NCCCNc2ccnc3cc(Cl)ccc23)n2nc(C(F)(F)F)cc2n1. The number of pyridine rings is 1. The number of rotatable bonds is 6. The predicted octanol–water partition coefficient (Wildman–Crippen LogP) is 5.17. The zero-order chi connectivity index (χ0) is 21.3. The number of anilines is 2. The van der Waals surface area contributed by atoms with Crippen molar-refractivity contribution in [2.75, 3.05) is 23.7 Å². The first-order valence-electron chi connectivity index (χ1n) is 9.28. The quantitative estimate of drug-likeness (QED) is 0.410. The van der Waals surface area contributed by atoms with Gasteiger partial charge < -0.3 is 10.6 Å². The van der Waals surface area contributed by atoms with Crippen LogP contribution in [-0.4, -0.2) is 32.7 Å². The van der Waals surface area contributed by atoms with E-state index in [2.05, 4.69) is 25.7 Å². The smallest absolute Gasteiger partial charge is 0.384 e. The molecule has 3 aromatic heterocycles. The topological polar surface area (TPSA) is 67.1 Å². The summed E-state index contributed by atoms with van der Waals surface area (Å²) in [6.07, 6.45) is -2.07. The average molecular weight is 435 g/mol. The Morgan fingerprint density at radius 2 is 1.87 bits per heavy atom. The Bertz CT molecular complexity index is 1200. The second-order valence-electron chi connectivity index (χ2n) is 6.81. The molecule has 0 atom stereocenters. The third-order valence-electron chi connectivity index (χ3n) is 4.53. The molecule has 30 heavy (non-hydrogen) atoms. The molecule has 0 fully saturated rings. The molecular weight excluding hydrogens is 417 g/mol. The van der Waals surface area contributed by atoms with Gasteiger partial charge in [-0.25, -0.2) is 4.98 Å². The maximum Gasteiger partial charge on any atom is 0.435 e. The van der Waals surface area contributed by atoms with Gasteiger partial charge in [0.2, 0.25) is 0 Å². The number of aromatic nitrogens is 4. The molecule has 4 aromatic rings. The molecule has 0 bridgehead atoms. The second kappa shape index (κ2) is 7.98. The Labute approximate surface area is 175 Å². The molecular formula is C20H18ClF3N6. The van der Waals surface area contributed by atoms with Gasteiger partial charge in [0.25, 0.3) is 0 Å². The molecule has 0 aliphatic rings. The Balaban J connectivity index is 1.40. The molecule has 10 heteroatoms. The summed E-state index contributed by atoms with van der Waals surface area (Å²) in [4.78, 5) is 8.43. The minimum Gasteiger partial charge on any atom is -0.384 e. The van der Waals surface area contributed by atoms with Crippen molar-refractivity contribution in [3.8, 4) is 0 Å². The number of halogens is 4. The number of nitrogens with one attached hydrogen (secondary N) is 2. The second-order valence-corrected chi connectivity index (χ2v) is 7.24. The van der Waals surface area contributed by atoms with Crippen LogP contribution in [0.1, 0.15) is 17.8 Å². The maximum absolute atomic E-state index is 13.0. The van der Waals surface area contributed by atoms with Gasteiger partial charge in [-0.2, -0.15) is 22.8 Å². The monoisotopic (exact) mass is 434 g/mol. The fourth-order valence-corrected chi connectivity index (χ4v) is 3.33. The van der Waals surface area contributed by atoms with E-state index in [9.17, 15) is 13.2 Å². The average Bonchev–Trinajstić information content (AvgIpc) is 3.12. The van der Waals surface area contributed by atoms with Crippen molar-refractivity contribution >= 4 is 39.7 Å². The van der Waals surface area contributed by atoms with Gasteiger partial charge in [0, 0.05) is 53.2 Å². The van der Waals surface area contributed by atoms with Gasteiger partial charge in [-0.15, -0.1) is 0 Å². The van der Waals surface area contributed by atoms with Crippen LogP contribution in [-0.2, 0) is 6.18 Å². The molecule has 0 aliphatic carbocycles. The maximum atomic E-state index is 13.0. The van der Waals surface area contributed by atoms with Gasteiger partial charge in [-0.05, 0) is 37.6 Å². The summed E-state index contributed by atoms with van der Waals surface area (Å²) in [5.74, 6) is 0.469. The molecule has 0 amide bonds. The number of hydrogen-bond acceptors (Lipinski definition) is 5. The number of fused-ring (bicyclic) bond motifs is 2. The molecule has 0 saturated carbocycles. The van der Waals surface area contributed by atoms with Gasteiger partial charge in [0.05, 0.1) is 5.52 Å². The van der Waals surface area contributed by atoms with E-state index in [1.807, 2.05) is 18.2 Å². The third kappa shape index (κ3) is 4.25. The lowest BCUT2D eigenvalue weighted by Gasteiger charge is -2.11. The predicted molar refractivity (Wildman–Crippen MR) is 111 cm³/mol. The highest BCUT2D eigenvalue weighted by Gasteiger charge is 2.34. The van der Waals surface area contributed by atoms with E-state index in [4.69, 9.17) is 11.6 Å². The summed E-state index contributed by atoms with van der Waals surface area (Å²) < 4.78 is 40.1. The summed E-state index contributed by atoms with van der Waals surface area (Å²) in [5.41, 5.74) is 1.55. The number of alkyl halides is 3. The van der Waals surface area contributed by atoms with E-state index in [1.54, 1.807) is 25.3 Å². The first-order valence-corrected chi connectivity index (χ1v) is 9.66. The van der Waals surface area contributed by atoms with Gasteiger partial charge in [-0.3, -0.25) is 4.98 Å². The van der Waals surface area contributed by atoms with Crippen LogP contribution in [0.2, 0.25) is 5.02 Å². The van der Waals surface area contributed by atoms with Gasteiger partial charge >= 0.3 is 6.18 Å². The van der Waals surface area contributed by atoms with Crippen LogP contribution in [0.3, 0.4) is 0 Å². The Morgan fingerprint density at radius 3 is 2.67 bits per heavy atom. The van der Waals surface area contributed by atoms with Crippen LogP contribution >= 0.6 is 11.6 Å². The highest BCUT2D eigenvalue weighted by atomic mass is 35.5. The van der Waals surface area contributed by atoms with Crippen LogP contribution in [0.4, 0.5) is 24.7 Å². The summed E-state index contributed by atoms with van der Waals surface area (Å²) >= 11 is 6.01. The number of hydrogen-bond donors (Lipinski definition) is 2. The van der Waals surface area contributed by atoms with Gasteiger partial charge in [0.1, 0.15) is 5.82 Å². The largest absolute Gasteiger partial charge is 0.435 e. The van der Waals surface area contributed by atoms with Crippen LogP contribution in [0.15, 0.2) is 42.6 Å². The van der Waals surface area contributed by atoms with Crippen molar-refractivity contribution in [3.63, 3.8) is 0 Å². The zero-order valence-corrected chi connectivity index (χ0v) is 16.7. The molecule has 0 saturated heterocycles. The van der Waals surface area contributed by atoms with Crippen molar-refractivity contribution in [2.45, 2.75) is 19.5 Å². The first kappa shape index (κ1) is 20.2. The fourth-order valence-electron chi connectivity index (χ4n) is 3.17. The van der Waals surface area contributed by atoms with Gasteiger partial charge in [-0.1, -0.05) is 11.6 Å². The summed E-state index contributed by atoms with van der Waals surface area (Å²) in [6.45, 7) is 2.93. The molecule has 6 nitrogen and oxygen atoms in total. The van der Waals surface area contributed by atoms with E-state index in [0.717, 1.165) is 29.1 Å². The van der Waals surface area contributed by atoms with Crippen LogP contribution in [0, 0.1) is 6.92 Å². The minimum absolute atomic E-state index is 0.157. The molecule has 1 aromatic carbocycles. The van der Waals surface area contributed by atoms with Gasteiger partial charge in [0.15, 0.2) is 11.3 Å². The number of benzene rings is 1. The Kier molecular flexibility index (Phi) is 5.38. The minimum atomic E-state index is -4.51. The molecule has 0 spiro atoms. The number of aryl methyl sites for hydroxylation is 1. The molecule has 0 unspecified atom stereocenters. The van der Waals surface area contributed by atoms with Crippen molar-refractivity contribution in [1.82, 2.24) is 19.6 Å². The molecule has 156 valence electrons. The van der Waals surface area contributed by atoms with E-state index in [0.29, 0.717) is 29.6 Å². The summed E-state index contributed by atoms with van der Waals surface area (Å²) in [5, 5.41) is 11.8.